The molecular weight excluding hydrogens is 468 g/mol. The summed E-state index contributed by atoms with van der Waals surface area (Å²) in [6.45, 7) is 1.22. The van der Waals surface area contributed by atoms with Gasteiger partial charge in [0.15, 0.2) is 0 Å². The minimum atomic E-state index is -4.72. The molecule has 114 valence electrons. The molecule has 0 aliphatic heterocycles. The summed E-state index contributed by atoms with van der Waals surface area (Å²) in [5.74, 6) is -0.852. The summed E-state index contributed by atoms with van der Waals surface area (Å²) >= 11 is 4.64. The molecule has 0 fully saturated rings. The average molecular weight is 477 g/mol. The van der Waals surface area contributed by atoms with Crippen LogP contribution in [-0.4, -0.2) is 21.9 Å². The maximum atomic E-state index is 12.9. The molecule has 0 radical (unpaired) electrons. The van der Waals surface area contributed by atoms with E-state index in [0.717, 1.165) is 6.07 Å². The first-order valence-electron chi connectivity index (χ1n) is 5.43. The summed E-state index contributed by atoms with van der Waals surface area (Å²) in [5, 5.41) is 20.6. The number of halogens is 5. The Morgan fingerprint density at radius 3 is 2.52 bits per heavy atom. The second-order valence-corrected chi connectivity index (χ2v) is 6.07. The lowest BCUT2D eigenvalue weighted by molar-refractivity contribution is -0.137. The molecule has 21 heavy (non-hydrogen) atoms. The molecule has 0 saturated carbocycles. The number of carbonyl (C=O) groups is 1. The topological polar surface area (TPSA) is 73.1 Å². The van der Waals surface area contributed by atoms with Crippen molar-refractivity contribution in [2.45, 2.75) is 18.7 Å². The minimum absolute atomic E-state index is 0.0786. The number of alkyl halides is 4. The zero-order chi connectivity index (χ0) is 16.4. The predicted molar refractivity (Wildman–Crippen MR) is 81.9 cm³/mol. The Kier molecular flexibility index (Phi) is 5.63. The van der Waals surface area contributed by atoms with Gasteiger partial charge in [0.2, 0.25) is 0 Å². The maximum Gasteiger partial charge on any atom is 0.417 e. The van der Waals surface area contributed by atoms with E-state index in [4.69, 9.17) is 5.26 Å². The molecule has 0 aliphatic rings. The number of benzene rings is 1. The Labute approximate surface area is 140 Å². The SMILES string of the molecule is C[C@](O)(CBr)C(=O)Nc1cc(C(F)(F)F)c(C#N)cc1I. The van der Waals surface area contributed by atoms with Crippen LogP contribution < -0.4 is 5.32 Å². The number of nitrogens with one attached hydrogen (secondary N) is 1. The van der Waals surface area contributed by atoms with Gasteiger partial charge in [0.05, 0.1) is 22.9 Å². The molecule has 0 bridgehead atoms. The van der Waals surface area contributed by atoms with E-state index >= 15 is 0 Å². The van der Waals surface area contributed by atoms with E-state index in [2.05, 4.69) is 21.2 Å². The third kappa shape index (κ3) is 4.31. The Balaban J connectivity index is 3.28. The molecule has 1 aromatic rings. The number of anilines is 1. The summed E-state index contributed by atoms with van der Waals surface area (Å²) in [6, 6.07) is 3.18. The highest BCUT2D eigenvalue weighted by Gasteiger charge is 2.35. The average Bonchev–Trinajstić information content (AvgIpc) is 2.39. The van der Waals surface area contributed by atoms with Crippen LogP contribution in [0.25, 0.3) is 0 Å². The number of amides is 1. The fourth-order valence-electron chi connectivity index (χ4n) is 1.31. The quantitative estimate of drug-likeness (QED) is 0.519. The Hall–Kier alpha value is -0.860. The number of rotatable bonds is 3. The van der Waals surface area contributed by atoms with Crippen LogP contribution in [0.5, 0.6) is 0 Å². The lowest BCUT2D eigenvalue weighted by atomic mass is 10.1. The van der Waals surface area contributed by atoms with Gasteiger partial charge in [-0.1, -0.05) is 15.9 Å². The van der Waals surface area contributed by atoms with Crippen LogP contribution >= 0.6 is 38.5 Å². The molecule has 0 aromatic heterocycles. The van der Waals surface area contributed by atoms with Crippen LogP contribution in [0.15, 0.2) is 12.1 Å². The van der Waals surface area contributed by atoms with Gasteiger partial charge >= 0.3 is 6.18 Å². The van der Waals surface area contributed by atoms with Crippen LogP contribution in [0, 0.1) is 14.9 Å². The summed E-state index contributed by atoms with van der Waals surface area (Å²) in [7, 11) is 0. The van der Waals surface area contributed by atoms with Gasteiger partial charge in [-0.2, -0.15) is 18.4 Å². The number of hydrogen-bond acceptors (Lipinski definition) is 3. The van der Waals surface area contributed by atoms with Gasteiger partial charge in [-0.05, 0) is 41.6 Å². The molecular formula is C12H9BrF3IN2O2. The van der Waals surface area contributed by atoms with Gasteiger partial charge in [0, 0.05) is 8.90 Å². The van der Waals surface area contributed by atoms with Crippen LogP contribution in [0.3, 0.4) is 0 Å². The van der Waals surface area contributed by atoms with E-state index in [1.807, 2.05) is 0 Å². The van der Waals surface area contributed by atoms with Crippen molar-refractivity contribution < 1.29 is 23.1 Å². The van der Waals surface area contributed by atoms with E-state index in [9.17, 15) is 23.1 Å². The van der Waals surface area contributed by atoms with Gasteiger partial charge in [-0.3, -0.25) is 4.79 Å². The van der Waals surface area contributed by atoms with Gasteiger partial charge < -0.3 is 10.4 Å². The molecule has 1 aromatic carbocycles. The van der Waals surface area contributed by atoms with Gasteiger partial charge in [-0.15, -0.1) is 0 Å². The normalized spacial score (nSPS) is 14.2. The highest BCUT2D eigenvalue weighted by atomic mass is 127. The fourth-order valence-corrected chi connectivity index (χ4v) is 2.17. The van der Waals surface area contributed by atoms with Crippen molar-refractivity contribution in [2.24, 2.45) is 0 Å². The number of hydrogen-bond donors (Lipinski definition) is 2. The number of nitrogens with zero attached hydrogens (tertiary/aromatic N) is 1. The third-order valence-electron chi connectivity index (χ3n) is 2.53. The van der Waals surface area contributed by atoms with Crippen molar-refractivity contribution in [3.8, 4) is 6.07 Å². The third-order valence-corrected chi connectivity index (χ3v) is 4.52. The largest absolute Gasteiger partial charge is 0.417 e. The molecule has 0 spiro atoms. The predicted octanol–water partition coefficient (Wildman–Crippen LogP) is 3.27. The standard InChI is InChI=1S/C12H9BrF3IN2O2/c1-11(21,5-13)10(20)19-9-3-7(12(14,15)16)6(4-18)2-8(9)17/h2-3,21H,5H2,1H3,(H,19,20)/t11-/m0/s1. The highest BCUT2D eigenvalue weighted by molar-refractivity contribution is 14.1. The van der Waals surface area contributed by atoms with E-state index in [-0.39, 0.29) is 14.6 Å². The first-order valence-corrected chi connectivity index (χ1v) is 7.63. The molecule has 1 atom stereocenters. The van der Waals surface area contributed by atoms with Crippen LogP contribution in [0.1, 0.15) is 18.1 Å². The smallest absolute Gasteiger partial charge is 0.379 e. The first-order chi connectivity index (χ1) is 9.52. The van der Waals surface area contributed by atoms with Crippen molar-refractivity contribution >= 4 is 50.1 Å². The summed E-state index contributed by atoms with van der Waals surface area (Å²) in [4.78, 5) is 11.8. The van der Waals surface area contributed by atoms with Crippen LogP contribution in [0.2, 0.25) is 0 Å². The van der Waals surface area contributed by atoms with E-state index < -0.39 is 28.8 Å². The van der Waals surface area contributed by atoms with Crippen LogP contribution in [0.4, 0.5) is 18.9 Å². The maximum absolute atomic E-state index is 12.9. The fraction of sp³-hybridized carbons (Fsp3) is 0.333. The van der Waals surface area contributed by atoms with E-state index in [0.29, 0.717) is 6.07 Å². The second-order valence-electron chi connectivity index (χ2n) is 4.35. The Morgan fingerprint density at radius 2 is 2.10 bits per heavy atom. The number of aliphatic hydroxyl groups is 1. The van der Waals surface area contributed by atoms with Crippen molar-refractivity contribution in [3.05, 3.63) is 26.8 Å². The van der Waals surface area contributed by atoms with Gasteiger partial charge in [0.1, 0.15) is 5.60 Å². The van der Waals surface area contributed by atoms with Crippen molar-refractivity contribution in [2.75, 3.05) is 10.6 Å². The number of nitriles is 1. The monoisotopic (exact) mass is 476 g/mol. The van der Waals surface area contributed by atoms with Crippen molar-refractivity contribution in [1.82, 2.24) is 0 Å². The zero-order valence-corrected chi connectivity index (χ0v) is 14.3. The Bertz CT molecular complexity index is 612. The summed E-state index contributed by atoms with van der Waals surface area (Å²) in [6.07, 6.45) is -4.72. The molecule has 0 unspecified atom stereocenters. The van der Waals surface area contributed by atoms with E-state index in [1.165, 1.54) is 13.0 Å². The number of carbonyl (C=O) groups excluding carboxylic acids is 1. The molecule has 2 N–H and O–H groups in total. The van der Waals surface area contributed by atoms with E-state index in [1.54, 1.807) is 22.6 Å². The van der Waals surface area contributed by atoms with Crippen LogP contribution in [-0.2, 0) is 11.0 Å². The lowest BCUT2D eigenvalue weighted by Gasteiger charge is -2.20. The summed E-state index contributed by atoms with van der Waals surface area (Å²) in [5.41, 5.74) is -3.56. The molecule has 4 nitrogen and oxygen atoms in total. The molecule has 1 amide bonds. The first kappa shape index (κ1) is 18.2. The Morgan fingerprint density at radius 1 is 1.52 bits per heavy atom. The van der Waals surface area contributed by atoms with Gasteiger partial charge in [-0.25, -0.2) is 0 Å². The molecule has 0 heterocycles. The van der Waals surface area contributed by atoms with Crippen molar-refractivity contribution in [3.63, 3.8) is 0 Å². The van der Waals surface area contributed by atoms with Crippen molar-refractivity contribution in [1.29, 1.82) is 5.26 Å². The molecule has 0 aliphatic carbocycles. The summed E-state index contributed by atoms with van der Waals surface area (Å²) < 4.78 is 38.8. The van der Waals surface area contributed by atoms with Gasteiger partial charge in [0.25, 0.3) is 5.91 Å². The zero-order valence-electron chi connectivity index (χ0n) is 10.6. The molecule has 9 heteroatoms. The minimum Gasteiger partial charge on any atom is -0.379 e. The molecule has 1 rings (SSSR count). The highest BCUT2D eigenvalue weighted by Crippen LogP contribution is 2.35. The molecule has 0 saturated heterocycles. The lowest BCUT2D eigenvalue weighted by Crippen LogP contribution is -2.41. The second kappa shape index (κ2) is 6.50.